The van der Waals surface area contributed by atoms with Crippen LogP contribution in [0.2, 0.25) is 0 Å². The van der Waals surface area contributed by atoms with Gasteiger partial charge in [0.2, 0.25) is 11.8 Å². The van der Waals surface area contributed by atoms with Crippen LogP contribution in [0.5, 0.6) is 0 Å². The zero-order valence-electron chi connectivity index (χ0n) is 15.7. The Hall–Kier alpha value is -3.73. The first-order valence-electron chi connectivity index (χ1n) is 9.60. The molecule has 2 aliphatic rings. The number of cyclic esters (lactones) is 1. The number of esters is 1. The molecule has 0 bridgehead atoms. The Morgan fingerprint density at radius 1 is 0.931 bits per heavy atom. The molecule has 0 saturated carbocycles. The van der Waals surface area contributed by atoms with Crippen LogP contribution in [0.3, 0.4) is 0 Å². The SMILES string of the molecule is O=C1OC(c2ccc(N3CCCC3=O)cc2)=N/C1=C\c1cccc2ccccc12. The Bertz CT molecular complexity index is 1190. The highest BCUT2D eigenvalue weighted by molar-refractivity contribution is 6.13. The van der Waals surface area contributed by atoms with E-state index in [0.29, 0.717) is 12.0 Å². The molecule has 1 saturated heterocycles. The number of benzene rings is 3. The molecule has 0 aromatic heterocycles. The van der Waals surface area contributed by atoms with Crippen LogP contribution in [0.15, 0.2) is 77.4 Å². The van der Waals surface area contributed by atoms with Crippen molar-refractivity contribution < 1.29 is 14.3 Å². The average molecular weight is 382 g/mol. The number of hydrogen-bond donors (Lipinski definition) is 0. The fourth-order valence-corrected chi connectivity index (χ4v) is 3.76. The number of aliphatic imine (C=N–C) groups is 1. The summed E-state index contributed by atoms with van der Waals surface area (Å²) in [7, 11) is 0. The van der Waals surface area contributed by atoms with Crippen molar-refractivity contribution in [2.24, 2.45) is 4.99 Å². The molecular weight excluding hydrogens is 364 g/mol. The summed E-state index contributed by atoms with van der Waals surface area (Å²) < 4.78 is 5.39. The van der Waals surface area contributed by atoms with E-state index in [1.807, 2.05) is 66.7 Å². The van der Waals surface area contributed by atoms with Crippen LogP contribution in [0, 0.1) is 0 Å². The molecule has 3 aromatic carbocycles. The first-order chi connectivity index (χ1) is 14.2. The van der Waals surface area contributed by atoms with E-state index in [2.05, 4.69) is 4.99 Å². The maximum absolute atomic E-state index is 12.4. The number of amides is 1. The van der Waals surface area contributed by atoms with Crippen LogP contribution in [-0.4, -0.2) is 24.3 Å². The lowest BCUT2D eigenvalue weighted by Crippen LogP contribution is -2.23. The molecule has 1 fully saturated rings. The smallest absolute Gasteiger partial charge is 0.363 e. The summed E-state index contributed by atoms with van der Waals surface area (Å²) in [4.78, 5) is 30.4. The van der Waals surface area contributed by atoms with Gasteiger partial charge in [0.15, 0.2) is 5.70 Å². The van der Waals surface area contributed by atoms with Gasteiger partial charge >= 0.3 is 5.97 Å². The van der Waals surface area contributed by atoms with E-state index in [0.717, 1.165) is 35.0 Å². The first kappa shape index (κ1) is 17.4. The maximum Gasteiger partial charge on any atom is 0.363 e. The third-order valence-electron chi connectivity index (χ3n) is 5.24. The number of carbonyl (C=O) groups is 2. The predicted octanol–water partition coefficient (Wildman–Crippen LogP) is 4.31. The van der Waals surface area contributed by atoms with Crippen LogP contribution >= 0.6 is 0 Å². The number of hydrogen-bond acceptors (Lipinski definition) is 4. The lowest BCUT2D eigenvalue weighted by atomic mass is 10.0. The summed E-state index contributed by atoms with van der Waals surface area (Å²) in [5, 5.41) is 2.16. The molecule has 142 valence electrons. The van der Waals surface area contributed by atoms with Gasteiger partial charge in [0.1, 0.15) is 0 Å². The molecule has 0 radical (unpaired) electrons. The molecule has 0 atom stereocenters. The summed E-state index contributed by atoms with van der Waals surface area (Å²) in [6.45, 7) is 0.742. The van der Waals surface area contributed by atoms with E-state index < -0.39 is 5.97 Å². The summed E-state index contributed by atoms with van der Waals surface area (Å²) >= 11 is 0. The van der Waals surface area contributed by atoms with Crippen LogP contribution < -0.4 is 4.90 Å². The van der Waals surface area contributed by atoms with Gasteiger partial charge in [0.05, 0.1) is 0 Å². The van der Waals surface area contributed by atoms with E-state index in [1.165, 1.54) is 0 Å². The van der Waals surface area contributed by atoms with Gasteiger partial charge in [-0.2, -0.15) is 0 Å². The minimum Gasteiger partial charge on any atom is -0.402 e. The Morgan fingerprint density at radius 2 is 1.72 bits per heavy atom. The van der Waals surface area contributed by atoms with Gasteiger partial charge < -0.3 is 9.64 Å². The molecule has 5 nitrogen and oxygen atoms in total. The van der Waals surface area contributed by atoms with Gasteiger partial charge in [-0.3, -0.25) is 4.79 Å². The summed E-state index contributed by atoms with van der Waals surface area (Å²) in [5.74, 6) is -0.0461. The fourth-order valence-electron chi connectivity index (χ4n) is 3.76. The highest BCUT2D eigenvalue weighted by atomic mass is 16.6. The van der Waals surface area contributed by atoms with Gasteiger partial charge in [-0.1, -0.05) is 42.5 Å². The largest absolute Gasteiger partial charge is 0.402 e. The van der Waals surface area contributed by atoms with E-state index in [1.54, 1.807) is 11.0 Å². The second-order valence-electron chi connectivity index (χ2n) is 7.10. The molecule has 1 amide bonds. The number of carbonyl (C=O) groups excluding carboxylic acids is 2. The van der Waals surface area contributed by atoms with E-state index in [4.69, 9.17) is 4.74 Å². The quantitative estimate of drug-likeness (QED) is 0.501. The third-order valence-corrected chi connectivity index (χ3v) is 5.24. The van der Waals surface area contributed by atoms with E-state index >= 15 is 0 Å². The third kappa shape index (κ3) is 3.21. The fraction of sp³-hybridized carbons (Fsp3) is 0.125. The molecule has 0 N–H and O–H groups in total. The van der Waals surface area contributed by atoms with Gasteiger partial charge in [-0.25, -0.2) is 9.79 Å². The molecule has 29 heavy (non-hydrogen) atoms. The van der Waals surface area contributed by atoms with Crippen LogP contribution in [0.4, 0.5) is 5.69 Å². The van der Waals surface area contributed by atoms with Crippen molar-refractivity contribution in [1.82, 2.24) is 0 Å². The molecule has 2 aliphatic heterocycles. The average Bonchev–Trinajstić information content (AvgIpc) is 3.34. The molecule has 5 rings (SSSR count). The molecule has 0 aliphatic carbocycles. The normalized spacial score (nSPS) is 17.9. The number of nitrogens with zero attached hydrogens (tertiary/aromatic N) is 2. The predicted molar refractivity (Wildman–Crippen MR) is 113 cm³/mol. The summed E-state index contributed by atoms with van der Waals surface area (Å²) in [6, 6.07) is 21.3. The maximum atomic E-state index is 12.4. The van der Waals surface area contributed by atoms with Crippen LogP contribution in [-0.2, 0) is 14.3 Å². The number of rotatable bonds is 3. The number of anilines is 1. The van der Waals surface area contributed by atoms with Crippen molar-refractivity contribution in [1.29, 1.82) is 0 Å². The zero-order chi connectivity index (χ0) is 19.8. The van der Waals surface area contributed by atoms with E-state index in [-0.39, 0.29) is 17.5 Å². The molecule has 0 spiro atoms. The van der Waals surface area contributed by atoms with Crippen molar-refractivity contribution in [3.63, 3.8) is 0 Å². The molecule has 5 heteroatoms. The molecule has 0 unspecified atom stereocenters. The highest BCUT2D eigenvalue weighted by Crippen LogP contribution is 2.26. The Labute approximate surface area is 167 Å². The van der Waals surface area contributed by atoms with Gasteiger partial charge in [0.25, 0.3) is 0 Å². The Morgan fingerprint density at radius 3 is 2.52 bits per heavy atom. The molecule has 2 heterocycles. The minimum absolute atomic E-state index is 0.141. The topological polar surface area (TPSA) is 59.0 Å². The lowest BCUT2D eigenvalue weighted by molar-refractivity contribution is -0.130. The van der Waals surface area contributed by atoms with Crippen molar-refractivity contribution in [2.45, 2.75) is 12.8 Å². The second-order valence-corrected chi connectivity index (χ2v) is 7.10. The van der Waals surface area contributed by atoms with Crippen molar-refractivity contribution in [2.75, 3.05) is 11.4 Å². The van der Waals surface area contributed by atoms with Crippen LogP contribution in [0.25, 0.3) is 16.8 Å². The first-order valence-corrected chi connectivity index (χ1v) is 9.60. The number of ether oxygens (including phenoxy) is 1. The van der Waals surface area contributed by atoms with Gasteiger partial charge in [-0.05, 0) is 53.1 Å². The van der Waals surface area contributed by atoms with Crippen molar-refractivity contribution in [3.8, 4) is 0 Å². The van der Waals surface area contributed by atoms with Gasteiger partial charge in [-0.15, -0.1) is 0 Å². The zero-order valence-corrected chi connectivity index (χ0v) is 15.7. The Kier molecular flexibility index (Phi) is 4.21. The monoisotopic (exact) mass is 382 g/mol. The van der Waals surface area contributed by atoms with E-state index in [9.17, 15) is 9.59 Å². The standard InChI is InChI=1S/C24H18N2O3/c27-22-9-4-14-26(22)19-12-10-17(11-13-19)23-25-21(24(28)29-23)15-18-7-3-6-16-5-1-2-8-20(16)18/h1-3,5-8,10-13,15H,4,9,14H2/b21-15-. The molecular formula is C24H18N2O3. The molecule has 3 aromatic rings. The number of fused-ring (bicyclic) bond motifs is 1. The summed E-state index contributed by atoms with van der Waals surface area (Å²) in [6.07, 6.45) is 3.23. The lowest BCUT2D eigenvalue weighted by Gasteiger charge is -2.15. The Balaban J connectivity index is 1.45. The second kappa shape index (κ2) is 7.02. The van der Waals surface area contributed by atoms with Gasteiger partial charge in [0, 0.05) is 24.2 Å². The summed E-state index contributed by atoms with van der Waals surface area (Å²) in [5.41, 5.74) is 2.75. The van der Waals surface area contributed by atoms with Crippen molar-refractivity contribution >= 4 is 40.3 Å². The highest BCUT2D eigenvalue weighted by Gasteiger charge is 2.25. The minimum atomic E-state index is -0.466. The van der Waals surface area contributed by atoms with Crippen LogP contribution in [0.1, 0.15) is 24.0 Å². The van der Waals surface area contributed by atoms with Crippen molar-refractivity contribution in [3.05, 3.63) is 83.6 Å².